The van der Waals surface area contributed by atoms with Gasteiger partial charge in [0.15, 0.2) is 0 Å². The van der Waals surface area contributed by atoms with Crippen LogP contribution in [0.15, 0.2) is 43.1 Å². The van der Waals surface area contributed by atoms with Gasteiger partial charge in [0, 0.05) is 32.9 Å². The van der Waals surface area contributed by atoms with Crippen LogP contribution >= 0.6 is 0 Å². The van der Waals surface area contributed by atoms with E-state index in [-0.39, 0.29) is 0 Å². The summed E-state index contributed by atoms with van der Waals surface area (Å²) >= 11 is 0. The maximum absolute atomic E-state index is 3.72. The van der Waals surface area contributed by atoms with Crippen molar-refractivity contribution in [2.24, 2.45) is 0 Å². The van der Waals surface area contributed by atoms with E-state index in [1.165, 1.54) is 5.69 Å². The Labute approximate surface area is 86.5 Å². The van der Waals surface area contributed by atoms with Crippen LogP contribution in [0.2, 0.25) is 0 Å². The van der Waals surface area contributed by atoms with E-state index in [0.717, 1.165) is 13.1 Å². The Kier molecular flexibility index (Phi) is 4.05. The number of hydrogen-bond acceptors (Lipinski definition) is 2. The van der Waals surface area contributed by atoms with Crippen LogP contribution in [-0.4, -0.2) is 32.1 Å². The zero-order valence-corrected chi connectivity index (χ0v) is 8.98. The Balaban J connectivity index is 2.43. The van der Waals surface area contributed by atoms with Crippen molar-refractivity contribution < 1.29 is 0 Å². The molecule has 0 N–H and O–H groups in total. The second-order valence-electron chi connectivity index (χ2n) is 3.42. The van der Waals surface area contributed by atoms with Gasteiger partial charge in [-0.1, -0.05) is 24.8 Å². The van der Waals surface area contributed by atoms with Gasteiger partial charge < -0.3 is 9.80 Å². The number of rotatable bonds is 5. The minimum absolute atomic E-state index is 0.995. The average molecular weight is 190 g/mol. The fourth-order valence-corrected chi connectivity index (χ4v) is 1.21. The molecule has 0 bridgehead atoms. The Morgan fingerprint density at radius 2 is 1.79 bits per heavy atom. The van der Waals surface area contributed by atoms with Gasteiger partial charge in [-0.15, -0.1) is 0 Å². The van der Waals surface area contributed by atoms with Crippen molar-refractivity contribution in [2.75, 3.05) is 32.1 Å². The van der Waals surface area contributed by atoms with Crippen molar-refractivity contribution in [2.45, 2.75) is 0 Å². The summed E-state index contributed by atoms with van der Waals surface area (Å²) in [6.45, 7) is 5.72. The quantitative estimate of drug-likeness (QED) is 0.702. The first-order valence-corrected chi connectivity index (χ1v) is 4.83. The minimum atomic E-state index is 0.995. The van der Waals surface area contributed by atoms with E-state index >= 15 is 0 Å². The van der Waals surface area contributed by atoms with Gasteiger partial charge in [0.25, 0.3) is 0 Å². The van der Waals surface area contributed by atoms with E-state index in [1.807, 2.05) is 19.3 Å². The molecule has 0 fully saturated rings. The van der Waals surface area contributed by atoms with Gasteiger partial charge in [0.2, 0.25) is 0 Å². The van der Waals surface area contributed by atoms with Crippen LogP contribution in [0.1, 0.15) is 0 Å². The standard InChI is InChI=1S/C12H18N2/c1-4-13(2)10-11-14(3)12-8-6-5-7-9-12/h4-9H,1,10-11H2,2-3H3. The highest BCUT2D eigenvalue weighted by Crippen LogP contribution is 2.10. The average Bonchev–Trinajstić information content (AvgIpc) is 2.26. The van der Waals surface area contributed by atoms with E-state index in [9.17, 15) is 0 Å². The number of benzene rings is 1. The van der Waals surface area contributed by atoms with Crippen molar-refractivity contribution in [1.29, 1.82) is 0 Å². The second-order valence-corrected chi connectivity index (χ2v) is 3.42. The number of likely N-dealkylation sites (N-methyl/N-ethyl adjacent to an activating group) is 2. The van der Waals surface area contributed by atoms with Gasteiger partial charge in [-0.3, -0.25) is 0 Å². The monoisotopic (exact) mass is 190 g/mol. The molecular formula is C12H18N2. The molecule has 1 aromatic rings. The Bertz CT molecular complexity index is 269. The largest absolute Gasteiger partial charge is 0.379 e. The highest BCUT2D eigenvalue weighted by Gasteiger charge is 1.99. The molecule has 0 saturated carbocycles. The molecule has 0 radical (unpaired) electrons. The van der Waals surface area contributed by atoms with Crippen LogP contribution in [0.3, 0.4) is 0 Å². The SMILES string of the molecule is C=CN(C)CCN(C)c1ccccc1. The third-order valence-electron chi connectivity index (χ3n) is 2.30. The first kappa shape index (κ1) is 10.6. The number of hydrogen-bond donors (Lipinski definition) is 0. The summed E-state index contributed by atoms with van der Waals surface area (Å²) in [5.41, 5.74) is 1.25. The van der Waals surface area contributed by atoms with E-state index in [2.05, 4.69) is 47.7 Å². The predicted octanol–water partition coefficient (Wildman–Crippen LogP) is 2.20. The molecule has 0 saturated heterocycles. The Hall–Kier alpha value is -1.44. The maximum atomic E-state index is 3.72. The molecule has 14 heavy (non-hydrogen) atoms. The molecule has 1 rings (SSSR count). The third kappa shape index (κ3) is 3.13. The second kappa shape index (κ2) is 5.32. The summed E-state index contributed by atoms with van der Waals surface area (Å²) in [6.07, 6.45) is 1.85. The highest BCUT2D eigenvalue weighted by molar-refractivity contribution is 5.44. The zero-order valence-electron chi connectivity index (χ0n) is 8.98. The lowest BCUT2D eigenvalue weighted by atomic mass is 10.3. The van der Waals surface area contributed by atoms with E-state index in [1.54, 1.807) is 0 Å². The fourth-order valence-electron chi connectivity index (χ4n) is 1.21. The third-order valence-corrected chi connectivity index (χ3v) is 2.30. The molecule has 0 unspecified atom stereocenters. The van der Waals surface area contributed by atoms with E-state index in [4.69, 9.17) is 0 Å². The van der Waals surface area contributed by atoms with Gasteiger partial charge in [0.05, 0.1) is 0 Å². The first-order valence-electron chi connectivity index (χ1n) is 4.83. The molecule has 0 aliphatic heterocycles. The molecule has 2 heteroatoms. The molecule has 76 valence electrons. The maximum Gasteiger partial charge on any atom is 0.0364 e. The smallest absolute Gasteiger partial charge is 0.0364 e. The molecular weight excluding hydrogens is 172 g/mol. The number of para-hydroxylation sites is 1. The van der Waals surface area contributed by atoms with Gasteiger partial charge >= 0.3 is 0 Å². The van der Waals surface area contributed by atoms with Crippen molar-refractivity contribution >= 4 is 5.69 Å². The van der Waals surface area contributed by atoms with Crippen molar-refractivity contribution in [3.8, 4) is 0 Å². The highest BCUT2D eigenvalue weighted by atomic mass is 15.2. The zero-order chi connectivity index (χ0) is 10.4. The van der Waals surface area contributed by atoms with Crippen LogP contribution in [0.4, 0.5) is 5.69 Å². The van der Waals surface area contributed by atoms with Crippen LogP contribution in [-0.2, 0) is 0 Å². The molecule has 0 aliphatic rings. The minimum Gasteiger partial charge on any atom is -0.379 e. The normalized spacial score (nSPS) is 9.57. The van der Waals surface area contributed by atoms with Crippen LogP contribution in [0.25, 0.3) is 0 Å². The molecule has 0 aliphatic carbocycles. The lowest BCUT2D eigenvalue weighted by Crippen LogP contribution is -2.27. The van der Waals surface area contributed by atoms with Crippen molar-refractivity contribution in [3.05, 3.63) is 43.1 Å². The molecule has 1 aromatic carbocycles. The van der Waals surface area contributed by atoms with Crippen LogP contribution < -0.4 is 4.90 Å². The van der Waals surface area contributed by atoms with Crippen molar-refractivity contribution in [3.63, 3.8) is 0 Å². The summed E-state index contributed by atoms with van der Waals surface area (Å²) in [4.78, 5) is 4.32. The molecule has 0 amide bonds. The number of anilines is 1. The summed E-state index contributed by atoms with van der Waals surface area (Å²) in [5.74, 6) is 0. The topological polar surface area (TPSA) is 6.48 Å². The first-order chi connectivity index (χ1) is 6.74. The van der Waals surface area contributed by atoms with Crippen LogP contribution in [0, 0.1) is 0 Å². The summed E-state index contributed by atoms with van der Waals surface area (Å²) in [7, 11) is 4.14. The summed E-state index contributed by atoms with van der Waals surface area (Å²) < 4.78 is 0. The number of nitrogens with zero attached hydrogens (tertiary/aromatic N) is 2. The molecule has 2 nitrogen and oxygen atoms in total. The molecule has 0 atom stereocenters. The lowest BCUT2D eigenvalue weighted by Gasteiger charge is -2.22. The van der Waals surface area contributed by atoms with Gasteiger partial charge in [0.1, 0.15) is 0 Å². The Morgan fingerprint density at radius 1 is 1.14 bits per heavy atom. The van der Waals surface area contributed by atoms with E-state index < -0.39 is 0 Å². The van der Waals surface area contributed by atoms with Crippen LogP contribution in [0.5, 0.6) is 0 Å². The predicted molar refractivity (Wildman–Crippen MR) is 62.5 cm³/mol. The molecule has 0 spiro atoms. The van der Waals surface area contributed by atoms with E-state index in [0.29, 0.717) is 0 Å². The van der Waals surface area contributed by atoms with Gasteiger partial charge in [-0.2, -0.15) is 0 Å². The van der Waals surface area contributed by atoms with Gasteiger partial charge in [-0.25, -0.2) is 0 Å². The molecule has 0 heterocycles. The summed E-state index contributed by atoms with van der Waals surface area (Å²) in [5, 5.41) is 0. The lowest BCUT2D eigenvalue weighted by molar-refractivity contribution is 0.464. The summed E-state index contributed by atoms with van der Waals surface area (Å²) in [6, 6.07) is 10.4. The van der Waals surface area contributed by atoms with Crippen molar-refractivity contribution in [1.82, 2.24) is 4.90 Å². The molecule has 0 aromatic heterocycles. The fraction of sp³-hybridized carbons (Fsp3) is 0.333. The Morgan fingerprint density at radius 3 is 2.36 bits per heavy atom. The van der Waals surface area contributed by atoms with Gasteiger partial charge in [-0.05, 0) is 18.3 Å².